The number of alkyl halides is 1. The molecule has 0 aromatic rings. The van der Waals surface area contributed by atoms with Gasteiger partial charge in [0.05, 0.1) is 6.04 Å². The van der Waals surface area contributed by atoms with Crippen LogP contribution in [0.4, 0.5) is 4.79 Å². The van der Waals surface area contributed by atoms with Crippen molar-refractivity contribution < 1.29 is 9.53 Å². The lowest BCUT2D eigenvalue weighted by Gasteiger charge is -2.29. The van der Waals surface area contributed by atoms with Gasteiger partial charge in [-0.3, -0.25) is 4.90 Å². The molecule has 5 nitrogen and oxygen atoms in total. The number of hydrogen-bond donors (Lipinski definition) is 1. The number of aliphatic imine (C=N–C) groups is 1. The van der Waals surface area contributed by atoms with E-state index < -0.39 is 10.0 Å². The molecule has 1 aliphatic rings. The quantitative estimate of drug-likeness (QED) is 0.245. The van der Waals surface area contributed by atoms with Crippen LogP contribution in [-0.2, 0) is 4.74 Å². The van der Waals surface area contributed by atoms with Crippen molar-refractivity contribution in [2.75, 3.05) is 6.54 Å². The van der Waals surface area contributed by atoms with Crippen LogP contribution >= 0.6 is 15.9 Å². The summed E-state index contributed by atoms with van der Waals surface area (Å²) in [5.74, 6) is 0.435. The SMILES string of the molecule is C=C(C=CC(C)(Br)N=C(N)[C@@H]1CCCN1C(=O)OC(C)(C)C)CC. The van der Waals surface area contributed by atoms with Crippen LogP contribution in [0.2, 0.25) is 0 Å². The van der Waals surface area contributed by atoms with Gasteiger partial charge in [-0.2, -0.15) is 0 Å². The zero-order valence-corrected chi connectivity index (χ0v) is 17.0. The number of carbonyl (C=O) groups is 1. The maximum Gasteiger partial charge on any atom is 0.410 e. The van der Waals surface area contributed by atoms with Crippen molar-refractivity contribution in [2.24, 2.45) is 10.7 Å². The van der Waals surface area contributed by atoms with Gasteiger partial charge in [0.2, 0.25) is 0 Å². The number of ether oxygens (including phenoxy) is 1. The minimum absolute atomic E-state index is 0.223. The Balaban J connectivity index is 2.87. The van der Waals surface area contributed by atoms with Gasteiger partial charge in [0.25, 0.3) is 0 Å². The molecule has 1 saturated heterocycles. The van der Waals surface area contributed by atoms with E-state index in [0.717, 1.165) is 24.8 Å². The number of allylic oxidation sites excluding steroid dienone is 2. The van der Waals surface area contributed by atoms with Crippen LogP contribution < -0.4 is 5.73 Å². The first-order valence-electron chi connectivity index (χ1n) is 8.36. The van der Waals surface area contributed by atoms with E-state index in [9.17, 15) is 4.79 Å². The van der Waals surface area contributed by atoms with Crippen molar-refractivity contribution in [3.8, 4) is 0 Å². The first-order valence-corrected chi connectivity index (χ1v) is 9.15. The fraction of sp³-hybridized carbons (Fsp3) is 0.667. The lowest BCUT2D eigenvalue weighted by Crippen LogP contribution is -2.46. The normalized spacial score (nSPS) is 21.8. The molecule has 0 radical (unpaired) electrons. The van der Waals surface area contributed by atoms with Crippen molar-refractivity contribution in [2.45, 2.75) is 70.0 Å². The second-order valence-corrected chi connectivity index (χ2v) is 8.84. The molecular formula is C18H30BrN3O2. The maximum atomic E-state index is 12.4. The van der Waals surface area contributed by atoms with Crippen molar-refractivity contribution in [1.29, 1.82) is 0 Å². The minimum atomic E-state index is -0.628. The number of hydrogen-bond acceptors (Lipinski definition) is 3. The fourth-order valence-corrected chi connectivity index (χ4v) is 2.70. The Morgan fingerprint density at radius 3 is 2.62 bits per heavy atom. The van der Waals surface area contributed by atoms with Crippen LogP contribution in [0.3, 0.4) is 0 Å². The molecule has 0 aromatic carbocycles. The second-order valence-electron chi connectivity index (χ2n) is 7.24. The van der Waals surface area contributed by atoms with Gasteiger partial charge < -0.3 is 10.5 Å². The molecule has 1 amide bonds. The topological polar surface area (TPSA) is 67.9 Å². The molecule has 0 aliphatic carbocycles. The third-order valence-electron chi connectivity index (χ3n) is 3.65. The van der Waals surface area contributed by atoms with E-state index in [0.29, 0.717) is 12.4 Å². The molecule has 1 heterocycles. The van der Waals surface area contributed by atoms with Gasteiger partial charge in [-0.1, -0.05) is 41.1 Å². The van der Waals surface area contributed by atoms with E-state index in [1.54, 1.807) is 4.90 Å². The molecule has 0 bridgehead atoms. The predicted octanol–water partition coefficient (Wildman–Crippen LogP) is 4.38. The zero-order valence-electron chi connectivity index (χ0n) is 15.4. The number of rotatable bonds is 5. The van der Waals surface area contributed by atoms with Gasteiger partial charge in [0, 0.05) is 6.54 Å². The average molecular weight is 400 g/mol. The Kier molecular flexibility index (Phi) is 7.08. The van der Waals surface area contributed by atoms with Crippen LogP contribution in [0.1, 0.15) is 53.9 Å². The van der Waals surface area contributed by atoms with E-state index in [-0.39, 0.29) is 12.1 Å². The lowest BCUT2D eigenvalue weighted by atomic mass is 10.1. The summed E-state index contributed by atoms with van der Waals surface area (Å²) in [5.41, 5.74) is 6.70. The molecule has 0 aromatic heterocycles. The standard InChI is InChI=1S/C18H30BrN3O2/c1-7-13(2)10-11-18(6,19)21-15(20)14-9-8-12-22(14)16(23)24-17(3,4)5/h10-11,14H,2,7-9,12H2,1,3-6H3,(H2,20,21)/t14-,18?/m0/s1. The Morgan fingerprint density at radius 2 is 2.08 bits per heavy atom. The summed E-state index contributed by atoms with van der Waals surface area (Å²) in [7, 11) is 0. The summed E-state index contributed by atoms with van der Waals surface area (Å²) in [6, 6.07) is -0.223. The highest BCUT2D eigenvalue weighted by Gasteiger charge is 2.35. The highest BCUT2D eigenvalue weighted by molar-refractivity contribution is 9.10. The number of amides is 1. The summed E-state index contributed by atoms with van der Waals surface area (Å²) in [6.45, 7) is 14.1. The number of amidine groups is 1. The van der Waals surface area contributed by atoms with Gasteiger partial charge >= 0.3 is 6.09 Å². The Morgan fingerprint density at radius 1 is 1.46 bits per heavy atom. The van der Waals surface area contributed by atoms with E-state index in [2.05, 4.69) is 27.5 Å². The number of carbonyl (C=O) groups excluding carboxylic acids is 1. The molecule has 0 spiro atoms. The van der Waals surface area contributed by atoms with E-state index in [1.807, 2.05) is 46.8 Å². The van der Waals surface area contributed by atoms with E-state index in [4.69, 9.17) is 10.5 Å². The van der Waals surface area contributed by atoms with Gasteiger partial charge in [-0.25, -0.2) is 9.79 Å². The van der Waals surface area contributed by atoms with Gasteiger partial charge in [0.15, 0.2) is 0 Å². The highest BCUT2D eigenvalue weighted by atomic mass is 79.9. The van der Waals surface area contributed by atoms with Gasteiger partial charge in [-0.15, -0.1) is 0 Å². The third-order valence-corrected chi connectivity index (χ3v) is 4.09. The predicted molar refractivity (Wildman–Crippen MR) is 103 cm³/mol. The summed E-state index contributed by atoms with van der Waals surface area (Å²) < 4.78 is 4.84. The van der Waals surface area contributed by atoms with Crippen molar-refractivity contribution >= 4 is 27.9 Å². The Labute approximate surface area is 154 Å². The molecule has 136 valence electrons. The van der Waals surface area contributed by atoms with Crippen LogP contribution in [-0.4, -0.2) is 39.5 Å². The zero-order chi connectivity index (χ0) is 18.5. The molecular weight excluding hydrogens is 370 g/mol. The molecule has 1 fully saturated rings. The van der Waals surface area contributed by atoms with Gasteiger partial charge in [0.1, 0.15) is 15.9 Å². The summed E-state index contributed by atoms with van der Waals surface area (Å²) in [5, 5.41) is 0. The van der Waals surface area contributed by atoms with Crippen LogP contribution in [0.25, 0.3) is 0 Å². The molecule has 1 rings (SSSR count). The summed E-state index contributed by atoms with van der Waals surface area (Å²) in [4.78, 5) is 18.6. The molecule has 1 unspecified atom stereocenters. The van der Waals surface area contributed by atoms with E-state index >= 15 is 0 Å². The fourth-order valence-electron chi connectivity index (χ4n) is 2.37. The monoisotopic (exact) mass is 399 g/mol. The van der Waals surface area contributed by atoms with Crippen molar-refractivity contribution in [1.82, 2.24) is 4.90 Å². The van der Waals surface area contributed by atoms with Crippen LogP contribution in [0.15, 0.2) is 29.3 Å². The molecule has 2 N–H and O–H groups in total. The van der Waals surface area contributed by atoms with Crippen LogP contribution in [0, 0.1) is 0 Å². The minimum Gasteiger partial charge on any atom is -0.444 e. The first-order chi connectivity index (χ1) is 10.9. The molecule has 6 heteroatoms. The summed E-state index contributed by atoms with van der Waals surface area (Å²) in [6.07, 6.45) is 6.08. The van der Waals surface area contributed by atoms with Gasteiger partial charge in [-0.05, 0) is 53.0 Å². The molecule has 1 aliphatic heterocycles. The maximum absolute atomic E-state index is 12.4. The highest BCUT2D eigenvalue weighted by Crippen LogP contribution is 2.26. The van der Waals surface area contributed by atoms with E-state index in [1.165, 1.54) is 0 Å². The van der Waals surface area contributed by atoms with Crippen molar-refractivity contribution in [3.63, 3.8) is 0 Å². The van der Waals surface area contributed by atoms with Crippen LogP contribution in [0.5, 0.6) is 0 Å². The Hall–Kier alpha value is -1.30. The number of nitrogens with zero attached hydrogens (tertiary/aromatic N) is 2. The summed E-state index contributed by atoms with van der Waals surface area (Å²) >= 11 is 3.56. The molecule has 2 atom stereocenters. The number of nitrogens with two attached hydrogens (primary N) is 1. The lowest BCUT2D eigenvalue weighted by molar-refractivity contribution is 0.0265. The Bertz CT molecular complexity index is 533. The second kappa shape index (κ2) is 8.19. The smallest absolute Gasteiger partial charge is 0.410 e. The average Bonchev–Trinajstić information content (AvgIpc) is 2.92. The first kappa shape index (κ1) is 20.7. The molecule has 24 heavy (non-hydrogen) atoms. The largest absolute Gasteiger partial charge is 0.444 e. The third kappa shape index (κ3) is 6.67. The van der Waals surface area contributed by atoms with Crippen molar-refractivity contribution in [3.05, 3.63) is 24.3 Å². The number of likely N-dealkylation sites (tertiary alicyclic amines) is 1. The number of halogens is 1. The molecule has 0 saturated carbocycles.